The summed E-state index contributed by atoms with van der Waals surface area (Å²) in [5, 5.41) is 2.34. The lowest BCUT2D eigenvalue weighted by atomic mass is 10.2. The van der Waals surface area contributed by atoms with E-state index in [-0.39, 0.29) is 6.54 Å². The molecule has 2 rings (SSSR count). The van der Waals surface area contributed by atoms with Crippen molar-refractivity contribution in [1.82, 2.24) is 9.97 Å². The predicted molar refractivity (Wildman–Crippen MR) is 60.7 cm³/mol. The van der Waals surface area contributed by atoms with E-state index in [1.807, 2.05) is 0 Å². The van der Waals surface area contributed by atoms with Crippen LogP contribution in [0.2, 0.25) is 0 Å². The van der Waals surface area contributed by atoms with Gasteiger partial charge in [-0.25, -0.2) is 11.6 Å². The largest absolute Gasteiger partial charge is 0.433 e. The number of thiazole rings is 1. The van der Waals surface area contributed by atoms with Crippen LogP contribution in [0.4, 0.5) is 13.2 Å². The molecule has 0 spiro atoms. The van der Waals surface area contributed by atoms with Gasteiger partial charge in [0, 0.05) is 17.1 Å². The molecule has 0 aliphatic heterocycles. The van der Waals surface area contributed by atoms with Crippen LogP contribution in [0.1, 0.15) is 10.7 Å². The summed E-state index contributed by atoms with van der Waals surface area (Å²) >= 11 is 1.30. The van der Waals surface area contributed by atoms with Crippen LogP contribution in [0.3, 0.4) is 0 Å². The van der Waals surface area contributed by atoms with Crippen molar-refractivity contribution in [1.29, 1.82) is 0 Å². The Morgan fingerprint density at radius 2 is 2.11 bits per heavy atom. The third-order valence-electron chi connectivity index (χ3n) is 2.12. The Bertz CT molecular complexity index is 581. The first kappa shape index (κ1) is 12.5. The van der Waals surface area contributed by atoms with Crippen LogP contribution in [-0.2, 0) is 12.7 Å². The molecule has 0 aromatic carbocycles. The molecule has 0 N–H and O–H groups in total. The zero-order chi connectivity index (χ0) is 13.2. The van der Waals surface area contributed by atoms with Crippen LogP contribution >= 0.6 is 11.3 Å². The molecule has 0 saturated carbocycles. The van der Waals surface area contributed by atoms with Gasteiger partial charge in [-0.15, -0.1) is 11.3 Å². The van der Waals surface area contributed by atoms with E-state index in [1.54, 1.807) is 5.38 Å². The average Bonchev–Trinajstić information content (AvgIpc) is 2.77. The molecule has 0 amide bonds. The summed E-state index contributed by atoms with van der Waals surface area (Å²) in [6.07, 6.45) is -3.30. The third kappa shape index (κ3) is 2.65. The molecule has 0 atom stereocenters. The van der Waals surface area contributed by atoms with E-state index in [2.05, 4.69) is 14.8 Å². The van der Waals surface area contributed by atoms with Crippen LogP contribution in [0.25, 0.3) is 16.1 Å². The number of hydrogen-bond acceptors (Lipinski definition) is 3. The monoisotopic (exact) mass is 269 g/mol. The molecule has 0 bridgehead atoms. The van der Waals surface area contributed by atoms with Crippen LogP contribution in [0.5, 0.6) is 0 Å². The van der Waals surface area contributed by atoms with E-state index in [0.717, 1.165) is 12.3 Å². The number of aromatic nitrogens is 2. The first-order valence-corrected chi connectivity index (χ1v) is 5.70. The van der Waals surface area contributed by atoms with E-state index < -0.39 is 11.9 Å². The minimum absolute atomic E-state index is 0.179. The Kier molecular flexibility index (Phi) is 3.30. The molecule has 0 radical (unpaired) electrons. The summed E-state index contributed by atoms with van der Waals surface area (Å²) in [7, 11) is 0. The van der Waals surface area contributed by atoms with Crippen molar-refractivity contribution >= 4 is 11.3 Å². The maximum atomic E-state index is 12.3. The van der Waals surface area contributed by atoms with Gasteiger partial charge in [-0.05, 0) is 12.1 Å². The van der Waals surface area contributed by atoms with E-state index in [1.165, 1.54) is 17.4 Å². The van der Waals surface area contributed by atoms with Gasteiger partial charge in [0.1, 0.15) is 5.69 Å². The lowest BCUT2D eigenvalue weighted by molar-refractivity contribution is -0.141. The highest BCUT2D eigenvalue weighted by atomic mass is 32.1. The highest BCUT2D eigenvalue weighted by Gasteiger charge is 2.32. The Labute approximate surface area is 105 Å². The zero-order valence-corrected chi connectivity index (χ0v) is 9.72. The fraction of sp³-hybridized carbons (Fsp3) is 0.182. The molecule has 2 aromatic heterocycles. The van der Waals surface area contributed by atoms with Crippen LogP contribution in [0.15, 0.2) is 23.7 Å². The summed E-state index contributed by atoms with van der Waals surface area (Å²) in [4.78, 5) is 10.7. The summed E-state index contributed by atoms with van der Waals surface area (Å²) in [6.45, 7) is 6.88. The molecule has 0 fully saturated rings. The molecule has 7 heteroatoms. The minimum Gasteiger partial charge on any atom is -0.309 e. The van der Waals surface area contributed by atoms with Gasteiger partial charge < -0.3 is 4.85 Å². The first-order chi connectivity index (χ1) is 8.50. The lowest BCUT2D eigenvalue weighted by Gasteiger charge is -2.05. The number of nitrogens with zero attached hydrogens (tertiary/aromatic N) is 3. The topological polar surface area (TPSA) is 30.1 Å². The van der Waals surface area contributed by atoms with Crippen LogP contribution < -0.4 is 0 Å². The number of halogens is 3. The minimum atomic E-state index is -4.43. The molecule has 0 unspecified atom stereocenters. The van der Waals surface area contributed by atoms with Gasteiger partial charge >= 0.3 is 6.18 Å². The van der Waals surface area contributed by atoms with E-state index in [4.69, 9.17) is 6.57 Å². The van der Waals surface area contributed by atoms with Gasteiger partial charge in [-0.3, -0.25) is 4.98 Å². The Hall–Kier alpha value is -1.94. The van der Waals surface area contributed by atoms with Crippen molar-refractivity contribution in [2.75, 3.05) is 0 Å². The van der Waals surface area contributed by atoms with Gasteiger partial charge in [0.05, 0.1) is 5.69 Å². The van der Waals surface area contributed by atoms with Gasteiger partial charge in [0.2, 0.25) is 0 Å². The molecule has 92 valence electrons. The van der Waals surface area contributed by atoms with Gasteiger partial charge in [0.15, 0.2) is 5.01 Å². The highest BCUT2D eigenvalue weighted by molar-refractivity contribution is 7.09. The van der Waals surface area contributed by atoms with E-state index >= 15 is 0 Å². The van der Waals surface area contributed by atoms with Gasteiger partial charge in [0.25, 0.3) is 6.54 Å². The molecule has 0 saturated heterocycles. The smallest absolute Gasteiger partial charge is 0.309 e. The lowest BCUT2D eigenvalue weighted by Crippen LogP contribution is -2.07. The molecule has 2 heterocycles. The molecule has 2 aromatic rings. The Morgan fingerprint density at radius 3 is 2.67 bits per heavy atom. The second-order valence-corrected chi connectivity index (χ2v) is 4.32. The molecule has 0 aliphatic carbocycles. The molecular formula is C11H6F3N3S. The number of alkyl halides is 3. The number of hydrogen-bond donors (Lipinski definition) is 0. The van der Waals surface area contributed by atoms with E-state index in [9.17, 15) is 13.2 Å². The number of rotatable bonds is 2. The summed E-state index contributed by atoms with van der Waals surface area (Å²) in [5.41, 5.74) is 0.123. The summed E-state index contributed by atoms with van der Waals surface area (Å²) in [5.74, 6) is 0. The standard InChI is InChI=1S/C11H6F3N3S/c1-15-5-10-17-8(6-18-10)7-2-3-9(16-4-7)11(12,13)14/h2-4,6H,5H2. The van der Waals surface area contributed by atoms with Crippen molar-refractivity contribution in [2.24, 2.45) is 0 Å². The van der Waals surface area contributed by atoms with Gasteiger partial charge in [-0.1, -0.05) is 0 Å². The summed E-state index contributed by atoms with van der Waals surface area (Å²) in [6, 6.07) is 2.25. The first-order valence-electron chi connectivity index (χ1n) is 4.82. The van der Waals surface area contributed by atoms with Crippen molar-refractivity contribution in [3.63, 3.8) is 0 Å². The van der Waals surface area contributed by atoms with Crippen molar-refractivity contribution in [2.45, 2.75) is 12.7 Å². The fourth-order valence-corrected chi connectivity index (χ4v) is 2.02. The predicted octanol–water partition coefficient (Wildman–Crippen LogP) is 3.64. The van der Waals surface area contributed by atoms with E-state index in [0.29, 0.717) is 16.3 Å². The second-order valence-electron chi connectivity index (χ2n) is 3.37. The van der Waals surface area contributed by atoms with Crippen molar-refractivity contribution < 1.29 is 13.2 Å². The zero-order valence-electron chi connectivity index (χ0n) is 8.90. The maximum absolute atomic E-state index is 12.3. The number of pyridine rings is 1. The SMILES string of the molecule is [C-]#[N+]Cc1nc(-c2ccc(C(F)(F)F)nc2)cs1. The maximum Gasteiger partial charge on any atom is 0.433 e. The molecule has 3 nitrogen and oxygen atoms in total. The molecule has 18 heavy (non-hydrogen) atoms. The quantitative estimate of drug-likeness (QED) is 0.779. The average molecular weight is 269 g/mol. The normalized spacial score (nSPS) is 11.2. The third-order valence-corrected chi connectivity index (χ3v) is 2.95. The second kappa shape index (κ2) is 4.74. The van der Waals surface area contributed by atoms with Crippen LogP contribution in [0, 0.1) is 6.57 Å². The van der Waals surface area contributed by atoms with Crippen molar-refractivity contribution in [3.05, 3.63) is 45.8 Å². The summed E-state index contributed by atoms with van der Waals surface area (Å²) < 4.78 is 37.0. The molecule has 0 aliphatic rings. The molecular weight excluding hydrogens is 263 g/mol. The van der Waals surface area contributed by atoms with Gasteiger partial charge in [-0.2, -0.15) is 13.2 Å². The fourth-order valence-electron chi connectivity index (χ4n) is 1.30. The Balaban J connectivity index is 2.26. The highest BCUT2D eigenvalue weighted by Crippen LogP contribution is 2.29. The van der Waals surface area contributed by atoms with Crippen LogP contribution in [-0.4, -0.2) is 9.97 Å². The van der Waals surface area contributed by atoms with Crippen molar-refractivity contribution in [3.8, 4) is 11.3 Å². The Morgan fingerprint density at radius 1 is 1.33 bits per heavy atom.